The number of amides is 1. The van der Waals surface area contributed by atoms with Gasteiger partial charge in [-0.25, -0.2) is 0 Å². The van der Waals surface area contributed by atoms with Crippen LogP contribution in [-0.2, 0) is 13.0 Å². The van der Waals surface area contributed by atoms with Gasteiger partial charge in [0.15, 0.2) is 0 Å². The van der Waals surface area contributed by atoms with Crippen LogP contribution < -0.4 is 0 Å². The van der Waals surface area contributed by atoms with E-state index in [0.717, 1.165) is 22.0 Å². The lowest BCUT2D eigenvalue weighted by atomic mass is 10.1. The third-order valence-corrected chi connectivity index (χ3v) is 4.67. The van der Waals surface area contributed by atoms with Crippen molar-refractivity contribution in [2.75, 3.05) is 7.05 Å². The Labute approximate surface area is 134 Å². The standard InChI is InChI=1S/C18H20BrNO/c1-4-14-8-10-15(11-9-14)12-20(3)18(21)16-7-5-6-13(2)17(16)19/h5-11H,4,12H2,1-3H3. The van der Waals surface area contributed by atoms with E-state index in [-0.39, 0.29) is 5.91 Å². The fourth-order valence-corrected chi connectivity index (χ4v) is 2.68. The highest BCUT2D eigenvalue weighted by molar-refractivity contribution is 9.10. The fraction of sp³-hybridized carbons (Fsp3) is 0.278. The summed E-state index contributed by atoms with van der Waals surface area (Å²) < 4.78 is 0.878. The maximum Gasteiger partial charge on any atom is 0.255 e. The summed E-state index contributed by atoms with van der Waals surface area (Å²) in [7, 11) is 1.84. The molecule has 2 aromatic rings. The first-order chi connectivity index (χ1) is 10.0. The van der Waals surface area contributed by atoms with E-state index >= 15 is 0 Å². The lowest BCUT2D eigenvalue weighted by Gasteiger charge is -2.19. The summed E-state index contributed by atoms with van der Waals surface area (Å²) in [6.07, 6.45) is 1.03. The van der Waals surface area contributed by atoms with Crippen LogP contribution in [0, 0.1) is 6.92 Å². The second-order valence-electron chi connectivity index (χ2n) is 5.27. The van der Waals surface area contributed by atoms with Crippen molar-refractivity contribution >= 4 is 21.8 Å². The predicted octanol–water partition coefficient (Wildman–Crippen LogP) is 4.59. The molecule has 0 bridgehead atoms. The highest BCUT2D eigenvalue weighted by Gasteiger charge is 2.15. The minimum atomic E-state index is 0.0325. The summed E-state index contributed by atoms with van der Waals surface area (Å²) >= 11 is 3.51. The highest BCUT2D eigenvalue weighted by Crippen LogP contribution is 2.22. The first-order valence-electron chi connectivity index (χ1n) is 7.11. The van der Waals surface area contributed by atoms with Gasteiger partial charge in [0.1, 0.15) is 0 Å². The molecule has 1 amide bonds. The second kappa shape index (κ2) is 6.90. The summed E-state index contributed by atoms with van der Waals surface area (Å²) in [6, 6.07) is 14.2. The molecule has 0 saturated carbocycles. The number of halogens is 1. The number of aryl methyl sites for hydroxylation is 2. The summed E-state index contributed by atoms with van der Waals surface area (Å²) in [5.41, 5.74) is 4.24. The fourth-order valence-electron chi connectivity index (χ4n) is 2.24. The third-order valence-electron chi connectivity index (χ3n) is 3.62. The van der Waals surface area contributed by atoms with Crippen molar-refractivity contribution in [2.45, 2.75) is 26.8 Å². The molecule has 0 heterocycles. The van der Waals surface area contributed by atoms with E-state index in [1.807, 2.05) is 32.2 Å². The van der Waals surface area contributed by atoms with Crippen LogP contribution in [0.15, 0.2) is 46.9 Å². The maximum absolute atomic E-state index is 12.5. The van der Waals surface area contributed by atoms with Gasteiger partial charge in [-0.2, -0.15) is 0 Å². The van der Waals surface area contributed by atoms with Gasteiger partial charge in [0.2, 0.25) is 0 Å². The molecule has 0 N–H and O–H groups in total. The number of benzene rings is 2. The summed E-state index contributed by atoms with van der Waals surface area (Å²) in [6.45, 7) is 4.74. The number of hydrogen-bond acceptors (Lipinski definition) is 1. The van der Waals surface area contributed by atoms with Crippen molar-refractivity contribution in [3.8, 4) is 0 Å². The van der Waals surface area contributed by atoms with E-state index in [0.29, 0.717) is 12.1 Å². The Morgan fingerprint density at radius 2 is 1.71 bits per heavy atom. The van der Waals surface area contributed by atoms with Crippen LogP contribution in [0.25, 0.3) is 0 Å². The monoisotopic (exact) mass is 345 g/mol. The molecular weight excluding hydrogens is 326 g/mol. The zero-order valence-electron chi connectivity index (χ0n) is 12.7. The number of carbonyl (C=O) groups excluding carboxylic acids is 1. The molecule has 2 rings (SSSR count). The summed E-state index contributed by atoms with van der Waals surface area (Å²) in [5.74, 6) is 0.0325. The van der Waals surface area contributed by atoms with E-state index in [1.165, 1.54) is 5.56 Å². The summed E-state index contributed by atoms with van der Waals surface area (Å²) in [5, 5.41) is 0. The SMILES string of the molecule is CCc1ccc(CN(C)C(=O)c2cccc(C)c2Br)cc1. The average molecular weight is 346 g/mol. The first-order valence-corrected chi connectivity index (χ1v) is 7.90. The quantitative estimate of drug-likeness (QED) is 0.793. The van der Waals surface area contributed by atoms with E-state index in [4.69, 9.17) is 0 Å². The first kappa shape index (κ1) is 15.8. The van der Waals surface area contributed by atoms with Gasteiger partial charge in [-0.05, 0) is 52.0 Å². The van der Waals surface area contributed by atoms with Gasteiger partial charge in [0, 0.05) is 18.1 Å². The zero-order valence-corrected chi connectivity index (χ0v) is 14.3. The number of hydrogen-bond donors (Lipinski definition) is 0. The van der Waals surface area contributed by atoms with Gasteiger partial charge in [0.05, 0.1) is 5.56 Å². The Kier molecular flexibility index (Phi) is 5.18. The Balaban J connectivity index is 2.13. The van der Waals surface area contributed by atoms with Gasteiger partial charge >= 0.3 is 0 Å². The lowest BCUT2D eigenvalue weighted by molar-refractivity contribution is 0.0784. The number of nitrogens with zero attached hydrogens (tertiary/aromatic N) is 1. The molecule has 2 aromatic carbocycles. The molecule has 3 heteroatoms. The normalized spacial score (nSPS) is 10.5. The molecule has 0 radical (unpaired) electrons. The molecule has 0 saturated heterocycles. The average Bonchev–Trinajstić information content (AvgIpc) is 2.50. The Bertz CT molecular complexity index is 634. The minimum absolute atomic E-state index is 0.0325. The molecule has 2 nitrogen and oxygen atoms in total. The minimum Gasteiger partial charge on any atom is -0.337 e. The van der Waals surface area contributed by atoms with Crippen LogP contribution in [0.1, 0.15) is 34.0 Å². The molecule has 0 aromatic heterocycles. The molecular formula is C18H20BrNO. The smallest absolute Gasteiger partial charge is 0.255 e. The molecule has 0 spiro atoms. The van der Waals surface area contributed by atoms with Crippen LogP contribution in [0.3, 0.4) is 0 Å². The van der Waals surface area contributed by atoms with Crippen LogP contribution in [0.4, 0.5) is 0 Å². The van der Waals surface area contributed by atoms with E-state index < -0.39 is 0 Å². The largest absolute Gasteiger partial charge is 0.337 e. The number of carbonyl (C=O) groups is 1. The van der Waals surface area contributed by atoms with Gasteiger partial charge < -0.3 is 4.90 Å². The van der Waals surface area contributed by atoms with E-state index in [2.05, 4.69) is 47.1 Å². The molecule has 0 aliphatic carbocycles. The maximum atomic E-state index is 12.5. The van der Waals surface area contributed by atoms with Gasteiger partial charge in [0.25, 0.3) is 5.91 Å². The number of rotatable bonds is 4. The molecule has 21 heavy (non-hydrogen) atoms. The molecule has 0 fully saturated rings. The molecule has 0 unspecified atom stereocenters. The van der Waals surface area contributed by atoms with Crippen LogP contribution in [-0.4, -0.2) is 17.9 Å². The molecule has 0 aliphatic heterocycles. The van der Waals surface area contributed by atoms with E-state index in [9.17, 15) is 4.79 Å². The summed E-state index contributed by atoms with van der Waals surface area (Å²) in [4.78, 5) is 14.3. The molecule has 0 aliphatic rings. The van der Waals surface area contributed by atoms with Crippen LogP contribution >= 0.6 is 15.9 Å². The lowest BCUT2D eigenvalue weighted by Crippen LogP contribution is -2.26. The molecule has 110 valence electrons. The Morgan fingerprint density at radius 1 is 1.10 bits per heavy atom. The van der Waals surface area contributed by atoms with Gasteiger partial charge in [-0.1, -0.05) is 43.3 Å². The van der Waals surface area contributed by atoms with Crippen molar-refractivity contribution in [3.05, 3.63) is 69.2 Å². The van der Waals surface area contributed by atoms with Gasteiger partial charge in [-0.3, -0.25) is 4.79 Å². The molecule has 0 atom stereocenters. The predicted molar refractivity (Wildman–Crippen MR) is 90.5 cm³/mol. The van der Waals surface area contributed by atoms with Crippen LogP contribution in [0.5, 0.6) is 0 Å². The van der Waals surface area contributed by atoms with Crippen molar-refractivity contribution in [3.63, 3.8) is 0 Å². The van der Waals surface area contributed by atoms with E-state index in [1.54, 1.807) is 4.90 Å². The topological polar surface area (TPSA) is 20.3 Å². The Morgan fingerprint density at radius 3 is 2.33 bits per heavy atom. The van der Waals surface area contributed by atoms with Crippen molar-refractivity contribution in [1.29, 1.82) is 0 Å². The second-order valence-corrected chi connectivity index (χ2v) is 6.06. The van der Waals surface area contributed by atoms with Crippen molar-refractivity contribution in [1.82, 2.24) is 4.90 Å². The highest BCUT2D eigenvalue weighted by atomic mass is 79.9. The van der Waals surface area contributed by atoms with Gasteiger partial charge in [-0.15, -0.1) is 0 Å². The van der Waals surface area contributed by atoms with Crippen LogP contribution in [0.2, 0.25) is 0 Å². The zero-order chi connectivity index (χ0) is 15.4. The Hall–Kier alpha value is -1.61. The van der Waals surface area contributed by atoms with Crippen molar-refractivity contribution < 1.29 is 4.79 Å². The third kappa shape index (κ3) is 3.73. The van der Waals surface area contributed by atoms with Crippen molar-refractivity contribution in [2.24, 2.45) is 0 Å².